The fourth-order valence-electron chi connectivity index (χ4n) is 2.47. The van der Waals surface area contributed by atoms with Crippen LogP contribution in [0.3, 0.4) is 0 Å². The molecule has 0 aliphatic rings. The molecule has 2 N–H and O–H groups in total. The van der Waals surface area contributed by atoms with Gasteiger partial charge in [-0.15, -0.1) is 16.9 Å². The van der Waals surface area contributed by atoms with Gasteiger partial charge >= 0.3 is 0 Å². The molecule has 0 aliphatic heterocycles. The molecule has 0 saturated heterocycles. The number of aromatic nitrogens is 4. The van der Waals surface area contributed by atoms with Gasteiger partial charge in [0.05, 0.1) is 11.5 Å². The third-order valence-electron chi connectivity index (χ3n) is 3.89. The summed E-state index contributed by atoms with van der Waals surface area (Å²) in [6.45, 7) is 3.61. The van der Waals surface area contributed by atoms with Crippen LogP contribution in [-0.4, -0.2) is 43.5 Å². The maximum Gasteiger partial charge on any atom is 0.234 e. The molecule has 0 aliphatic carbocycles. The van der Waals surface area contributed by atoms with Crippen molar-refractivity contribution < 1.29 is 14.0 Å². The van der Waals surface area contributed by atoms with E-state index in [9.17, 15) is 14.0 Å². The number of aryl methyl sites for hydroxylation is 2. The summed E-state index contributed by atoms with van der Waals surface area (Å²) < 4.78 is 15.3. The lowest BCUT2D eigenvalue weighted by molar-refractivity contribution is -0.114. The molecule has 10 heteroatoms. The van der Waals surface area contributed by atoms with Gasteiger partial charge in [-0.3, -0.25) is 9.59 Å². The number of amides is 2. The van der Waals surface area contributed by atoms with Gasteiger partial charge in [0.25, 0.3) is 0 Å². The van der Waals surface area contributed by atoms with Gasteiger partial charge in [0.15, 0.2) is 5.82 Å². The van der Waals surface area contributed by atoms with Crippen LogP contribution in [0.25, 0.3) is 5.69 Å². The first kappa shape index (κ1) is 20.5. The summed E-state index contributed by atoms with van der Waals surface area (Å²) in [4.78, 5) is 24.1. The Bertz CT molecular complexity index is 1020. The number of thioether (sulfide) groups is 1. The maximum atomic E-state index is 14.1. The van der Waals surface area contributed by atoms with E-state index in [2.05, 4.69) is 26.2 Å². The minimum atomic E-state index is -0.513. The smallest absolute Gasteiger partial charge is 0.234 e. The number of carbonyl (C=O) groups excluding carboxylic acids is 2. The molecule has 0 saturated carbocycles. The second-order valence-corrected chi connectivity index (χ2v) is 7.24. The molecule has 1 heterocycles. The summed E-state index contributed by atoms with van der Waals surface area (Å²) in [6, 6.07) is 11.6. The predicted octanol–water partition coefficient (Wildman–Crippen LogP) is 2.73. The predicted molar refractivity (Wildman–Crippen MR) is 110 cm³/mol. The zero-order valence-corrected chi connectivity index (χ0v) is 16.7. The van der Waals surface area contributed by atoms with Crippen molar-refractivity contribution in [3.63, 3.8) is 0 Å². The Morgan fingerprint density at radius 1 is 1.00 bits per heavy atom. The minimum absolute atomic E-state index is 0.0813. The topological polar surface area (TPSA) is 102 Å². The van der Waals surface area contributed by atoms with Gasteiger partial charge in [0, 0.05) is 11.4 Å². The van der Waals surface area contributed by atoms with E-state index in [1.54, 1.807) is 6.92 Å². The highest BCUT2D eigenvalue weighted by Crippen LogP contribution is 2.19. The number of tetrazole rings is 1. The Labute approximate surface area is 170 Å². The van der Waals surface area contributed by atoms with E-state index in [0.717, 1.165) is 5.56 Å². The molecule has 8 nitrogen and oxygen atoms in total. The molecule has 2 amide bonds. The van der Waals surface area contributed by atoms with Crippen molar-refractivity contribution in [3.8, 4) is 5.69 Å². The number of nitrogens with zero attached hydrogens (tertiary/aromatic N) is 4. The number of nitrogens with one attached hydrogen (secondary N) is 2. The van der Waals surface area contributed by atoms with Gasteiger partial charge in [-0.1, -0.05) is 17.7 Å². The first-order valence-corrected chi connectivity index (χ1v) is 9.87. The number of hydrogen-bond donors (Lipinski definition) is 2. The first-order chi connectivity index (χ1) is 13.9. The SMILES string of the molecule is Cc1ccc(NC(=O)CSCC(=O)Nc2ccc(F)c(-n3nnnc3C)c2)cc1. The zero-order valence-electron chi connectivity index (χ0n) is 15.8. The second-order valence-electron chi connectivity index (χ2n) is 6.26. The number of halogens is 1. The Balaban J connectivity index is 1.50. The Morgan fingerprint density at radius 3 is 2.24 bits per heavy atom. The molecule has 0 fully saturated rings. The molecule has 1 aromatic heterocycles. The highest BCUT2D eigenvalue weighted by Gasteiger charge is 2.12. The highest BCUT2D eigenvalue weighted by molar-refractivity contribution is 8.00. The molecule has 0 atom stereocenters. The monoisotopic (exact) mass is 414 g/mol. The van der Waals surface area contributed by atoms with Crippen molar-refractivity contribution in [2.45, 2.75) is 13.8 Å². The normalized spacial score (nSPS) is 10.6. The number of carbonyl (C=O) groups is 2. The number of benzene rings is 2. The van der Waals surface area contributed by atoms with Crippen LogP contribution in [0.1, 0.15) is 11.4 Å². The molecular formula is C19H19FN6O2S. The zero-order chi connectivity index (χ0) is 20.8. The maximum absolute atomic E-state index is 14.1. The molecule has 0 spiro atoms. The largest absolute Gasteiger partial charge is 0.325 e. The van der Waals surface area contributed by atoms with E-state index in [0.29, 0.717) is 17.2 Å². The third kappa shape index (κ3) is 5.61. The molecule has 0 bridgehead atoms. The summed E-state index contributed by atoms with van der Waals surface area (Å²) >= 11 is 1.18. The number of anilines is 2. The molecule has 3 aromatic rings. The van der Waals surface area contributed by atoms with Crippen molar-refractivity contribution in [2.75, 3.05) is 22.1 Å². The van der Waals surface area contributed by atoms with Crippen molar-refractivity contribution >= 4 is 35.0 Å². The standard InChI is InChI=1S/C19H19FN6O2S/c1-12-3-5-14(6-4-12)21-18(27)10-29-11-19(28)22-15-7-8-16(20)17(9-15)26-13(2)23-24-25-26/h3-9H,10-11H2,1-2H3,(H,21,27)(H,22,28). The summed E-state index contributed by atoms with van der Waals surface area (Å²) in [7, 11) is 0. The molecule has 2 aromatic carbocycles. The van der Waals surface area contributed by atoms with E-state index in [1.807, 2.05) is 31.2 Å². The van der Waals surface area contributed by atoms with Crippen LogP contribution in [0.2, 0.25) is 0 Å². The van der Waals surface area contributed by atoms with Crippen molar-refractivity contribution in [3.05, 3.63) is 59.7 Å². The summed E-state index contributed by atoms with van der Waals surface area (Å²) in [5, 5.41) is 16.4. The Kier molecular flexibility index (Phi) is 6.55. The van der Waals surface area contributed by atoms with Gasteiger partial charge in [-0.05, 0) is 54.6 Å². The van der Waals surface area contributed by atoms with E-state index in [1.165, 1.54) is 34.6 Å². The van der Waals surface area contributed by atoms with Gasteiger partial charge in [0.1, 0.15) is 11.5 Å². The van der Waals surface area contributed by atoms with E-state index < -0.39 is 5.82 Å². The fraction of sp³-hybridized carbons (Fsp3) is 0.211. The van der Waals surface area contributed by atoms with E-state index in [-0.39, 0.29) is 29.0 Å². The van der Waals surface area contributed by atoms with E-state index in [4.69, 9.17) is 0 Å². The lowest BCUT2D eigenvalue weighted by Crippen LogP contribution is -2.18. The minimum Gasteiger partial charge on any atom is -0.325 e. The quantitative estimate of drug-likeness (QED) is 0.616. The van der Waals surface area contributed by atoms with Crippen LogP contribution in [0.15, 0.2) is 42.5 Å². The highest BCUT2D eigenvalue weighted by atomic mass is 32.2. The van der Waals surface area contributed by atoms with Crippen LogP contribution in [0, 0.1) is 19.7 Å². The van der Waals surface area contributed by atoms with E-state index >= 15 is 0 Å². The molecule has 3 rings (SSSR count). The van der Waals surface area contributed by atoms with Crippen molar-refractivity contribution in [2.24, 2.45) is 0 Å². The molecular weight excluding hydrogens is 395 g/mol. The molecule has 150 valence electrons. The van der Waals surface area contributed by atoms with Crippen LogP contribution in [0.5, 0.6) is 0 Å². The lowest BCUT2D eigenvalue weighted by Gasteiger charge is -2.09. The lowest BCUT2D eigenvalue weighted by atomic mass is 10.2. The van der Waals surface area contributed by atoms with Crippen LogP contribution in [-0.2, 0) is 9.59 Å². The summed E-state index contributed by atoms with van der Waals surface area (Å²) in [5.74, 6) is -0.366. The first-order valence-electron chi connectivity index (χ1n) is 8.71. The summed E-state index contributed by atoms with van der Waals surface area (Å²) in [5.41, 5.74) is 2.36. The molecule has 0 unspecified atom stereocenters. The molecule has 29 heavy (non-hydrogen) atoms. The number of rotatable bonds is 7. The van der Waals surface area contributed by atoms with Gasteiger partial charge in [0.2, 0.25) is 11.8 Å². The van der Waals surface area contributed by atoms with Gasteiger partial charge in [-0.2, -0.15) is 4.68 Å². The van der Waals surface area contributed by atoms with Crippen molar-refractivity contribution in [1.82, 2.24) is 20.2 Å². The molecule has 0 radical (unpaired) electrons. The van der Waals surface area contributed by atoms with Gasteiger partial charge in [-0.25, -0.2) is 4.39 Å². The average Bonchev–Trinajstić information content (AvgIpc) is 3.11. The number of hydrogen-bond acceptors (Lipinski definition) is 6. The van der Waals surface area contributed by atoms with Crippen molar-refractivity contribution in [1.29, 1.82) is 0 Å². The fourth-order valence-corrected chi connectivity index (χ4v) is 3.09. The summed E-state index contributed by atoms with van der Waals surface area (Å²) in [6.07, 6.45) is 0. The van der Waals surface area contributed by atoms with Gasteiger partial charge < -0.3 is 10.6 Å². The third-order valence-corrected chi connectivity index (χ3v) is 4.82. The second kappa shape index (κ2) is 9.28. The van der Waals surface area contributed by atoms with Crippen LogP contribution >= 0.6 is 11.8 Å². The average molecular weight is 414 g/mol. The van der Waals surface area contributed by atoms with Crippen LogP contribution < -0.4 is 10.6 Å². The van der Waals surface area contributed by atoms with Crippen LogP contribution in [0.4, 0.5) is 15.8 Å². The Hall–Kier alpha value is -3.27. The Morgan fingerprint density at radius 2 is 1.62 bits per heavy atom.